The van der Waals surface area contributed by atoms with Crippen LogP contribution in [-0.2, 0) is 9.53 Å². The van der Waals surface area contributed by atoms with Crippen LogP contribution >= 0.6 is 0 Å². The molecular formula is C10H15N3O2. The average molecular weight is 209 g/mol. The van der Waals surface area contributed by atoms with Crippen molar-refractivity contribution in [3.05, 3.63) is 0 Å². The van der Waals surface area contributed by atoms with Crippen molar-refractivity contribution >= 4 is 18.3 Å². The molecule has 0 aliphatic carbocycles. The minimum Gasteiger partial charge on any atom is -0.381 e. The van der Waals surface area contributed by atoms with E-state index in [4.69, 9.17) is 4.74 Å². The zero-order chi connectivity index (χ0) is 10.7. The Hall–Kier alpha value is -1.23. The van der Waals surface area contributed by atoms with Gasteiger partial charge in [-0.25, -0.2) is 0 Å². The number of carbonyl (C=O) groups is 1. The lowest BCUT2D eigenvalue weighted by Gasteiger charge is -2.31. The summed E-state index contributed by atoms with van der Waals surface area (Å²) in [6.45, 7) is 1.50. The number of hydrogen-bond acceptors (Lipinski definition) is 4. The van der Waals surface area contributed by atoms with Crippen LogP contribution in [0.3, 0.4) is 0 Å². The zero-order valence-electron chi connectivity index (χ0n) is 8.80. The van der Waals surface area contributed by atoms with Gasteiger partial charge in [-0.15, -0.1) is 0 Å². The lowest BCUT2D eigenvalue weighted by Crippen LogP contribution is -2.44. The lowest BCUT2D eigenvalue weighted by molar-refractivity contribution is -0.134. The summed E-state index contributed by atoms with van der Waals surface area (Å²) in [6, 6.07) is 0. The molecule has 1 fully saturated rings. The number of rotatable bonds is 2. The predicted molar refractivity (Wildman–Crippen MR) is 57.4 cm³/mol. The number of aliphatic imine (C=N–C) groups is 2. The van der Waals surface area contributed by atoms with Crippen molar-refractivity contribution in [2.75, 3.05) is 20.2 Å². The van der Waals surface area contributed by atoms with Crippen LogP contribution < -0.4 is 0 Å². The van der Waals surface area contributed by atoms with Crippen LogP contribution in [0, 0.1) is 0 Å². The van der Waals surface area contributed by atoms with E-state index in [-0.39, 0.29) is 5.91 Å². The van der Waals surface area contributed by atoms with Crippen LogP contribution in [0.15, 0.2) is 9.98 Å². The molecule has 82 valence electrons. The fraction of sp³-hybridized carbons (Fsp3) is 0.700. The van der Waals surface area contributed by atoms with Crippen molar-refractivity contribution in [1.82, 2.24) is 4.90 Å². The van der Waals surface area contributed by atoms with E-state index >= 15 is 0 Å². The first kappa shape index (κ1) is 10.3. The molecule has 0 radical (unpaired) electrons. The molecule has 1 saturated heterocycles. The Kier molecular flexibility index (Phi) is 3.11. The van der Waals surface area contributed by atoms with Crippen molar-refractivity contribution in [3.63, 3.8) is 0 Å². The molecule has 0 saturated carbocycles. The van der Waals surface area contributed by atoms with E-state index in [0.29, 0.717) is 6.10 Å². The molecule has 0 aromatic carbocycles. The minimum atomic E-state index is -0.524. The number of piperidine rings is 1. The highest BCUT2D eigenvalue weighted by atomic mass is 16.5. The molecule has 15 heavy (non-hydrogen) atoms. The second-order valence-corrected chi connectivity index (χ2v) is 3.73. The Morgan fingerprint density at radius 2 is 1.93 bits per heavy atom. The summed E-state index contributed by atoms with van der Waals surface area (Å²) in [5.41, 5.74) is 0. The molecule has 2 rings (SSSR count). The quantitative estimate of drug-likeness (QED) is 0.648. The third-order valence-corrected chi connectivity index (χ3v) is 2.83. The van der Waals surface area contributed by atoms with Crippen molar-refractivity contribution < 1.29 is 9.53 Å². The molecule has 0 aromatic heterocycles. The van der Waals surface area contributed by atoms with Gasteiger partial charge in [0.05, 0.1) is 6.10 Å². The average Bonchev–Trinajstić information content (AvgIpc) is 2.82. The summed E-state index contributed by atoms with van der Waals surface area (Å²) < 4.78 is 5.25. The number of hydrogen-bond donors (Lipinski definition) is 0. The fourth-order valence-electron chi connectivity index (χ4n) is 1.88. The first-order valence-corrected chi connectivity index (χ1v) is 5.18. The number of methoxy groups -OCH3 is 1. The monoisotopic (exact) mass is 209 g/mol. The van der Waals surface area contributed by atoms with Crippen molar-refractivity contribution in [2.45, 2.75) is 25.1 Å². The Labute approximate surface area is 88.8 Å². The van der Waals surface area contributed by atoms with Gasteiger partial charge in [-0.3, -0.25) is 14.8 Å². The van der Waals surface area contributed by atoms with E-state index in [1.54, 1.807) is 19.5 Å². The smallest absolute Gasteiger partial charge is 0.269 e. The normalized spacial score (nSPS) is 22.6. The van der Waals surface area contributed by atoms with Crippen LogP contribution in [0.5, 0.6) is 0 Å². The minimum absolute atomic E-state index is 0.00885. The largest absolute Gasteiger partial charge is 0.381 e. The van der Waals surface area contributed by atoms with E-state index in [0.717, 1.165) is 25.9 Å². The lowest BCUT2D eigenvalue weighted by atomic mass is 10.1. The topological polar surface area (TPSA) is 54.3 Å². The Balaban J connectivity index is 1.87. The van der Waals surface area contributed by atoms with Crippen molar-refractivity contribution in [3.8, 4) is 0 Å². The number of likely N-dealkylation sites (tertiary alicyclic amines) is 1. The van der Waals surface area contributed by atoms with Crippen LogP contribution in [0.25, 0.3) is 0 Å². The van der Waals surface area contributed by atoms with Crippen LogP contribution in [0.2, 0.25) is 0 Å². The molecule has 0 unspecified atom stereocenters. The van der Waals surface area contributed by atoms with Gasteiger partial charge >= 0.3 is 0 Å². The highest BCUT2D eigenvalue weighted by molar-refractivity contribution is 6.18. The zero-order valence-corrected chi connectivity index (χ0v) is 8.80. The van der Waals surface area contributed by atoms with E-state index in [2.05, 4.69) is 9.98 Å². The second kappa shape index (κ2) is 4.53. The Morgan fingerprint density at radius 3 is 2.47 bits per heavy atom. The summed E-state index contributed by atoms with van der Waals surface area (Å²) in [5, 5.41) is 0. The van der Waals surface area contributed by atoms with Gasteiger partial charge in [0.2, 0.25) is 6.17 Å². The number of carbonyl (C=O) groups excluding carboxylic acids is 1. The van der Waals surface area contributed by atoms with E-state index in [9.17, 15) is 4.79 Å². The van der Waals surface area contributed by atoms with Gasteiger partial charge in [-0.2, -0.15) is 0 Å². The third-order valence-electron chi connectivity index (χ3n) is 2.83. The highest BCUT2D eigenvalue weighted by Gasteiger charge is 2.27. The summed E-state index contributed by atoms with van der Waals surface area (Å²) in [7, 11) is 1.72. The van der Waals surface area contributed by atoms with Gasteiger partial charge in [0.25, 0.3) is 5.91 Å². The van der Waals surface area contributed by atoms with Gasteiger partial charge < -0.3 is 9.64 Å². The summed E-state index contributed by atoms with van der Waals surface area (Å²) in [4.78, 5) is 21.6. The Morgan fingerprint density at radius 1 is 1.33 bits per heavy atom. The standard InChI is InChI=1S/C10H15N3O2/c1-15-8-2-6-13(7-3-8)10(14)9-11-4-5-12-9/h4-5,8-9H,2-3,6-7H2,1H3. The molecule has 1 amide bonds. The van der Waals surface area contributed by atoms with Gasteiger partial charge in [-0.1, -0.05) is 0 Å². The third kappa shape index (κ3) is 2.23. The van der Waals surface area contributed by atoms with Crippen LogP contribution in [-0.4, -0.2) is 55.7 Å². The number of amides is 1. The van der Waals surface area contributed by atoms with E-state index in [1.165, 1.54) is 0 Å². The first-order valence-electron chi connectivity index (χ1n) is 5.18. The number of ether oxygens (including phenoxy) is 1. The molecule has 2 heterocycles. The molecule has 0 spiro atoms. The molecular weight excluding hydrogens is 194 g/mol. The number of nitrogens with zero attached hydrogens (tertiary/aromatic N) is 3. The molecule has 5 heteroatoms. The molecule has 0 atom stereocenters. The maximum Gasteiger partial charge on any atom is 0.269 e. The molecule has 2 aliphatic rings. The Bertz CT molecular complexity index is 281. The van der Waals surface area contributed by atoms with E-state index in [1.807, 2.05) is 4.90 Å². The van der Waals surface area contributed by atoms with Crippen LogP contribution in [0.4, 0.5) is 0 Å². The molecule has 0 bridgehead atoms. The first-order chi connectivity index (χ1) is 7.31. The maximum atomic E-state index is 11.9. The van der Waals surface area contributed by atoms with E-state index < -0.39 is 6.17 Å². The van der Waals surface area contributed by atoms with Gasteiger partial charge in [0.15, 0.2) is 0 Å². The van der Waals surface area contributed by atoms with Crippen LogP contribution in [0.1, 0.15) is 12.8 Å². The SMILES string of the molecule is COC1CCN(C(=O)C2N=CC=N2)CC1. The molecule has 0 N–H and O–H groups in total. The fourth-order valence-corrected chi connectivity index (χ4v) is 1.88. The summed E-state index contributed by atoms with van der Waals surface area (Å²) in [5.74, 6) is 0.00885. The van der Waals surface area contributed by atoms with Gasteiger partial charge in [0.1, 0.15) is 0 Å². The molecule has 0 aromatic rings. The highest BCUT2D eigenvalue weighted by Crippen LogP contribution is 2.15. The summed E-state index contributed by atoms with van der Waals surface area (Å²) >= 11 is 0. The molecule has 2 aliphatic heterocycles. The maximum absolute atomic E-state index is 11.9. The van der Waals surface area contributed by atoms with Gasteiger partial charge in [-0.05, 0) is 12.8 Å². The van der Waals surface area contributed by atoms with Crippen molar-refractivity contribution in [1.29, 1.82) is 0 Å². The van der Waals surface area contributed by atoms with Crippen molar-refractivity contribution in [2.24, 2.45) is 9.98 Å². The van der Waals surface area contributed by atoms with Gasteiger partial charge in [0, 0.05) is 32.6 Å². The predicted octanol–water partition coefficient (Wildman–Crippen LogP) is 0.105. The second-order valence-electron chi connectivity index (χ2n) is 3.73. The summed E-state index contributed by atoms with van der Waals surface area (Å²) in [6.07, 6.45) is 4.73. The molecule has 5 nitrogen and oxygen atoms in total.